The summed E-state index contributed by atoms with van der Waals surface area (Å²) >= 11 is 0. The second kappa shape index (κ2) is 10.8. The maximum Gasteiger partial charge on any atom is 0.273 e. The van der Waals surface area contributed by atoms with Gasteiger partial charge in [-0.2, -0.15) is 0 Å². The number of amides is 1. The Kier molecular flexibility index (Phi) is 8.99. The van der Waals surface area contributed by atoms with Crippen LogP contribution in [-0.2, 0) is 0 Å². The molecular formula is C19H34Cl2N6O. The first-order valence-electron chi connectivity index (χ1n) is 10.4. The van der Waals surface area contributed by atoms with Crippen molar-refractivity contribution >= 4 is 30.7 Å². The Hall–Kier alpha value is -0.890. The molecule has 3 aliphatic rings. The zero-order valence-electron chi connectivity index (χ0n) is 16.7. The molecule has 1 saturated carbocycles. The van der Waals surface area contributed by atoms with Crippen LogP contribution in [0.4, 0.5) is 0 Å². The summed E-state index contributed by atoms with van der Waals surface area (Å²) in [5.74, 6) is -0.0537. The number of carbonyl (C=O) groups is 1. The molecule has 4 rings (SSSR count). The van der Waals surface area contributed by atoms with Crippen molar-refractivity contribution in [3.05, 3.63) is 11.4 Å². The van der Waals surface area contributed by atoms with Crippen molar-refractivity contribution in [1.29, 1.82) is 0 Å². The molecule has 1 aromatic rings. The first-order chi connectivity index (χ1) is 12.7. The van der Waals surface area contributed by atoms with Gasteiger partial charge in [0.05, 0.1) is 11.7 Å². The van der Waals surface area contributed by atoms with E-state index in [1.54, 1.807) is 0 Å². The summed E-state index contributed by atoms with van der Waals surface area (Å²) in [4.78, 5) is 15.3. The number of nitrogens with one attached hydrogen (secondary N) is 2. The Morgan fingerprint density at radius 2 is 1.64 bits per heavy atom. The molecule has 2 saturated heterocycles. The lowest BCUT2D eigenvalue weighted by atomic mass is 10.0. The highest BCUT2D eigenvalue weighted by Crippen LogP contribution is 2.26. The van der Waals surface area contributed by atoms with E-state index in [4.69, 9.17) is 0 Å². The van der Waals surface area contributed by atoms with Crippen molar-refractivity contribution < 1.29 is 4.79 Å². The van der Waals surface area contributed by atoms with E-state index in [0.717, 1.165) is 63.6 Å². The van der Waals surface area contributed by atoms with Gasteiger partial charge >= 0.3 is 0 Å². The van der Waals surface area contributed by atoms with Gasteiger partial charge in [-0.15, -0.1) is 29.9 Å². The number of piperidine rings is 2. The number of hydrogen-bond donors (Lipinski definition) is 2. The third-order valence-electron chi connectivity index (χ3n) is 6.50. The quantitative estimate of drug-likeness (QED) is 0.763. The summed E-state index contributed by atoms with van der Waals surface area (Å²) in [6, 6.07) is 1.42. The fraction of sp³-hybridized carbons (Fsp3) is 0.842. The van der Waals surface area contributed by atoms with E-state index in [-0.39, 0.29) is 36.8 Å². The molecule has 0 atom stereocenters. The van der Waals surface area contributed by atoms with Crippen molar-refractivity contribution in [2.75, 3.05) is 26.2 Å². The van der Waals surface area contributed by atoms with Gasteiger partial charge in [-0.1, -0.05) is 18.1 Å². The minimum Gasteiger partial charge on any atom is -0.348 e. The molecule has 0 bridgehead atoms. The number of carbonyl (C=O) groups excluding carboxylic acids is 1. The van der Waals surface area contributed by atoms with E-state index in [9.17, 15) is 4.79 Å². The summed E-state index contributed by atoms with van der Waals surface area (Å²) in [5, 5.41) is 15.1. The Balaban J connectivity index is 0.00000140. The van der Waals surface area contributed by atoms with Crippen LogP contribution in [0.15, 0.2) is 0 Å². The highest BCUT2D eigenvalue weighted by molar-refractivity contribution is 5.93. The van der Waals surface area contributed by atoms with Crippen LogP contribution in [0.3, 0.4) is 0 Å². The minimum atomic E-state index is -0.0537. The van der Waals surface area contributed by atoms with Crippen LogP contribution in [0.5, 0.6) is 0 Å². The van der Waals surface area contributed by atoms with Gasteiger partial charge in [0.15, 0.2) is 5.69 Å². The molecule has 2 N–H and O–H groups in total. The maximum absolute atomic E-state index is 12.7. The fourth-order valence-electron chi connectivity index (χ4n) is 4.88. The summed E-state index contributed by atoms with van der Waals surface area (Å²) in [5.41, 5.74) is 1.40. The van der Waals surface area contributed by atoms with Gasteiger partial charge in [0.25, 0.3) is 5.91 Å². The summed E-state index contributed by atoms with van der Waals surface area (Å²) < 4.78 is 1.96. The predicted molar refractivity (Wildman–Crippen MR) is 115 cm³/mol. The van der Waals surface area contributed by atoms with Crippen molar-refractivity contribution in [2.45, 2.75) is 76.4 Å². The van der Waals surface area contributed by atoms with Gasteiger partial charge in [0, 0.05) is 25.2 Å². The molecule has 0 aromatic carbocycles. The van der Waals surface area contributed by atoms with Crippen LogP contribution < -0.4 is 10.6 Å². The van der Waals surface area contributed by atoms with Crippen LogP contribution in [0.2, 0.25) is 0 Å². The van der Waals surface area contributed by atoms with E-state index in [1.165, 1.54) is 25.7 Å². The third-order valence-corrected chi connectivity index (χ3v) is 6.50. The molecule has 28 heavy (non-hydrogen) atoms. The SMILES string of the molecule is Cc1c(C(=O)NC2CCN(C3CCCC3)CC2)nnn1C1CCNCC1.Cl.Cl. The zero-order chi connectivity index (χ0) is 17.9. The smallest absolute Gasteiger partial charge is 0.273 e. The van der Waals surface area contributed by atoms with E-state index in [1.807, 2.05) is 11.6 Å². The highest BCUT2D eigenvalue weighted by Gasteiger charge is 2.29. The highest BCUT2D eigenvalue weighted by atomic mass is 35.5. The number of hydrogen-bond acceptors (Lipinski definition) is 5. The first-order valence-corrected chi connectivity index (χ1v) is 10.4. The Labute approximate surface area is 180 Å². The molecule has 9 heteroatoms. The molecule has 1 aromatic heterocycles. The fourth-order valence-corrected chi connectivity index (χ4v) is 4.88. The number of nitrogens with zero attached hydrogens (tertiary/aromatic N) is 4. The molecule has 0 unspecified atom stereocenters. The van der Waals surface area contributed by atoms with Gasteiger partial charge in [-0.3, -0.25) is 4.79 Å². The van der Waals surface area contributed by atoms with Crippen molar-refractivity contribution in [2.24, 2.45) is 0 Å². The zero-order valence-corrected chi connectivity index (χ0v) is 18.4. The number of halogens is 2. The van der Waals surface area contributed by atoms with Crippen LogP contribution in [-0.4, -0.2) is 64.1 Å². The molecule has 1 amide bonds. The lowest BCUT2D eigenvalue weighted by Gasteiger charge is -2.36. The number of likely N-dealkylation sites (tertiary alicyclic amines) is 1. The standard InChI is InChI=1S/C19H32N6O.2ClH/c1-14-18(22-23-25(14)17-6-10-20-11-7-17)19(26)21-15-8-12-24(13-9-15)16-4-2-3-5-16;;/h15-17,20H,2-13H2,1H3,(H,21,26);2*1H. The average Bonchev–Trinajstić information content (AvgIpc) is 3.33. The van der Waals surface area contributed by atoms with Gasteiger partial charge < -0.3 is 15.5 Å². The van der Waals surface area contributed by atoms with Crippen LogP contribution >= 0.6 is 24.8 Å². The monoisotopic (exact) mass is 432 g/mol. The lowest BCUT2D eigenvalue weighted by molar-refractivity contribution is 0.0887. The average molecular weight is 433 g/mol. The van der Waals surface area contributed by atoms with Gasteiger partial charge in [-0.05, 0) is 58.5 Å². The predicted octanol–water partition coefficient (Wildman–Crippen LogP) is 2.49. The van der Waals surface area contributed by atoms with Crippen molar-refractivity contribution in [3.8, 4) is 0 Å². The van der Waals surface area contributed by atoms with Crippen LogP contribution in [0, 0.1) is 6.92 Å². The molecule has 0 spiro atoms. The second-order valence-corrected chi connectivity index (χ2v) is 8.17. The molecule has 0 radical (unpaired) electrons. The summed E-state index contributed by atoms with van der Waals surface area (Å²) in [6.45, 7) is 6.20. The van der Waals surface area contributed by atoms with Gasteiger partial charge in [0.2, 0.25) is 0 Å². The van der Waals surface area contributed by atoms with Crippen molar-refractivity contribution in [3.63, 3.8) is 0 Å². The third kappa shape index (κ3) is 5.17. The summed E-state index contributed by atoms with van der Waals surface area (Å²) in [7, 11) is 0. The molecule has 7 nitrogen and oxygen atoms in total. The molecular weight excluding hydrogens is 399 g/mol. The molecule has 3 fully saturated rings. The maximum atomic E-state index is 12.7. The normalized spacial score (nSPS) is 22.5. The van der Waals surface area contributed by atoms with Gasteiger partial charge in [0.1, 0.15) is 0 Å². The topological polar surface area (TPSA) is 75.1 Å². The lowest BCUT2D eigenvalue weighted by Crippen LogP contribution is -2.47. The van der Waals surface area contributed by atoms with Crippen LogP contribution in [0.1, 0.15) is 73.6 Å². The molecule has 160 valence electrons. The van der Waals surface area contributed by atoms with E-state index in [2.05, 4.69) is 25.8 Å². The van der Waals surface area contributed by atoms with Crippen LogP contribution in [0.25, 0.3) is 0 Å². The van der Waals surface area contributed by atoms with E-state index < -0.39 is 0 Å². The first kappa shape index (κ1) is 23.4. The van der Waals surface area contributed by atoms with E-state index in [0.29, 0.717) is 11.7 Å². The molecule has 2 aliphatic heterocycles. The van der Waals surface area contributed by atoms with Gasteiger partial charge in [-0.25, -0.2) is 4.68 Å². The molecule has 1 aliphatic carbocycles. The Morgan fingerprint density at radius 3 is 2.29 bits per heavy atom. The number of aromatic nitrogens is 3. The summed E-state index contributed by atoms with van der Waals surface area (Å²) in [6.07, 6.45) is 9.66. The van der Waals surface area contributed by atoms with E-state index >= 15 is 0 Å². The van der Waals surface area contributed by atoms with Crippen molar-refractivity contribution in [1.82, 2.24) is 30.5 Å². The number of rotatable bonds is 4. The molecule has 3 heterocycles. The minimum absolute atomic E-state index is 0. The second-order valence-electron chi connectivity index (χ2n) is 8.17. The Morgan fingerprint density at radius 1 is 1.00 bits per heavy atom. The Bertz CT molecular complexity index is 620. The largest absolute Gasteiger partial charge is 0.348 e.